The van der Waals surface area contributed by atoms with Crippen molar-refractivity contribution in [2.75, 3.05) is 22.9 Å². The van der Waals surface area contributed by atoms with Gasteiger partial charge in [-0.3, -0.25) is 19.4 Å². The number of amides is 1. The Morgan fingerprint density at radius 2 is 1.91 bits per heavy atom. The summed E-state index contributed by atoms with van der Waals surface area (Å²) in [6.07, 6.45) is 9.34. The van der Waals surface area contributed by atoms with Crippen LogP contribution >= 0.6 is 0 Å². The average Bonchev–Trinajstić information content (AvgIpc) is 3.27. The van der Waals surface area contributed by atoms with Gasteiger partial charge < -0.3 is 15.4 Å². The second-order valence-electron chi connectivity index (χ2n) is 8.53. The van der Waals surface area contributed by atoms with E-state index >= 15 is 0 Å². The van der Waals surface area contributed by atoms with E-state index in [1.807, 2.05) is 41.9 Å². The molecule has 5 rings (SSSR count). The Morgan fingerprint density at radius 1 is 1.12 bits per heavy atom. The number of nitrogens with two attached hydrogens (primary N) is 1. The van der Waals surface area contributed by atoms with Crippen molar-refractivity contribution in [3.63, 3.8) is 0 Å². The summed E-state index contributed by atoms with van der Waals surface area (Å²) in [6, 6.07) is 8.16. The molecule has 1 saturated heterocycles. The van der Waals surface area contributed by atoms with E-state index in [0.29, 0.717) is 5.70 Å². The largest absolute Gasteiger partial charge is 0.471 e. The Labute approximate surface area is 187 Å². The van der Waals surface area contributed by atoms with Crippen LogP contribution in [0.4, 0.5) is 11.4 Å². The maximum absolute atomic E-state index is 12.4. The maximum atomic E-state index is 12.4. The van der Waals surface area contributed by atoms with Gasteiger partial charge in [0.1, 0.15) is 12.0 Å². The first-order valence-corrected chi connectivity index (χ1v) is 11.1. The standard InChI is InChI=1S/C24H28N6O2/c1-16-11-17(7-8-26-16)24-30(22(15-32-24)23(25)31)21-12-18-14-27-28(2)19(18)13-20(21)29-9-5-3-4-6-10-29/h7-8,11-15,24H,3-6,9-10H2,1-2H3,(H2,25,31). The summed E-state index contributed by atoms with van der Waals surface area (Å²) >= 11 is 0. The first kappa shape index (κ1) is 20.4. The number of nitrogens with zero attached hydrogens (tertiary/aromatic N) is 5. The zero-order valence-corrected chi connectivity index (χ0v) is 18.5. The lowest BCUT2D eigenvalue weighted by atomic mass is 10.1. The number of anilines is 2. The van der Waals surface area contributed by atoms with Gasteiger partial charge in [-0.15, -0.1) is 0 Å². The fourth-order valence-electron chi connectivity index (χ4n) is 4.69. The molecular formula is C24H28N6O2. The molecule has 0 bridgehead atoms. The Morgan fingerprint density at radius 3 is 2.62 bits per heavy atom. The SMILES string of the molecule is Cc1cc(C2OC=C(C(N)=O)N2c2cc3cnn(C)c3cc2N2CCCCCC2)ccn1. The second-order valence-corrected chi connectivity index (χ2v) is 8.53. The lowest BCUT2D eigenvalue weighted by Crippen LogP contribution is -2.33. The zero-order valence-electron chi connectivity index (χ0n) is 18.5. The number of ether oxygens (including phenoxy) is 1. The fraction of sp³-hybridized carbons (Fsp3) is 0.375. The number of pyridine rings is 1. The van der Waals surface area contributed by atoms with Crippen LogP contribution in [-0.2, 0) is 16.6 Å². The highest BCUT2D eigenvalue weighted by Gasteiger charge is 2.36. The van der Waals surface area contributed by atoms with Crippen LogP contribution in [0.3, 0.4) is 0 Å². The molecule has 0 aliphatic carbocycles. The summed E-state index contributed by atoms with van der Waals surface area (Å²) < 4.78 is 7.90. The third-order valence-electron chi connectivity index (χ3n) is 6.31. The van der Waals surface area contributed by atoms with Gasteiger partial charge in [0, 0.05) is 43.0 Å². The van der Waals surface area contributed by atoms with Crippen molar-refractivity contribution in [2.45, 2.75) is 38.8 Å². The summed E-state index contributed by atoms with van der Waals surface area (Å²) in [6.45, 7) is 3.88. The molecule has 2 N–H and O–H groups in total. The molecule has 32 heavy (non-hydrogen) atoms. The van der Waals surface area contributed by atoms with Crippen LogP contribution in [0.15, 0.2) is 48.6 Å². The summed E-state index contributed by atoms with van der Waals surface area (Å²) in [7, 11) is 1.95. The van der Waals surface area contributed by atoms with Crippen molar-refractivity contribution in [1.29, 1.82) is 0 Å². The van der Waals surface area contributed by atoms with E-state index in [2.05, 4.69) is 27.1 Å². The van der Waals surface area contributed by atoms with Crippen LogP contribution in [-0.4, -0.2) is 33.8 Å². The van der Waals surface area contributed by atoms with Crippen molar-refractivity contribution in [1.82, 2.24) is 14.8 Å². The molecule has 1 atom stereocenters. The minimum absolute atomic E-state index is 0.337. The van der Waals surface area contributed by atoms with E-state index < -0.39 is 12.1 Å². The number of benzene rings is 1. The monoisotopic (exact) mass is 432 g/mol. The number of aryl methyl sites for hydroxylation is 2. The number of primary amides is 1. The predicted octanol–water partition coefficient (Wildman–Crippen LogP) is 3.52. The van der Waals surface area contributed by atoms with E-state index in [1.165, 1.54) is 19.1 Å². The van der Waals surface area contributed by atoms with Crippen LogP contribution in [0, 0.1) is 6.92 Å². The van der Waals surface area contributed by atoms with Crippen molar-refractivity contribution in [2.24, 2.45) is 12.8 Å². The zero-order chi connectivity index (χ0) is 22.2. The van der Waals surface area contributed by atoms with Crippen LogP contribution in [0.25, 0.3) is 10.9 Å². The number of hydrogen-bond acceptors (Lipinski definition) is 6. The highest BCUT2D eigenvalue weighted by atomic mass is 16.5. The van der Waals surface area contributed by atoms with Crippen molar-refractivity contribution in [3.8, 4) is 0 Å². The number of hydrogen-bond donors (Lipinski definition) is 1. The minimum Gasteiger partial charge on any atom is -0.471 e. The minimum atomic E-state index is -0.522. The molecule has 8 heteroatoms. The molecule has 1 amide bonds. The summed E-state index contributed by atoms with van der Waals surface area (Å²) in [4.78, 5) is 21.1. The molecule has 3 aromatic rings. The Balaban J connectivity index is 1.69. The van der Waals surface area contributed by atoms with Gasteiger partial charge in [-0.1, -0.05) is 12.8 Å². The number of fused-ring (bicyclic) bond motifs is 1. The number of rotatable bonds is 4. The lowest BCUT2D eigenvalue weighted by molar-refractivity contribution is -0.114. The summed E-state index contributed by atoms with van der Waals surface area (Å²) in [5, 5.41) is 5.45. The van der Waals surface area contributed by atoms with Gasteiger partial charge in [0.2, 0.25) is 6.23 Å². The molecule has 1 unspecified atom stereocenters. The molecule has 0 saturated carbocycles. The van der Waals surface area contributed by atoms with Crippen molar-refractivity contribution in [3.05, 3.63) is 59.9 Å². The first-order chi connectivity index (χ1) is 15.5. The van der Waals surface area contributed by atoms with Crippen molar-refractivity contribution < 1.29 is 9.53 Å². The van der Waals surface area contributed by atoms with Crippen LogP contribution < -0.4 is 15.5 Å². The molecule has 1 aromatic carbocycles. The third-order valence-corrected chi connectivity index (χ3v) is 6.31. The second kappa shape index (κ2) is 8.18. The molecule has 4 heterocycles. The van der Waals surface area contributed by atoms with E-state index in [4.69, 9.17) is 10.5 Å². The summed E-state index contributed by atoms with van der Waals surface area (Å²) in [5.74, 6) is -0.522. The van der Waals surface area contributed by atoms with E-state index in [1.54, 1.807) is 6.20 Å². The van der Waals surface area contributed by atoms with E-state index in [-0.39, 0.29) is 0 Å². The molecule has 2 aromatic heterocycles. The lowest BCUT2D eigenvalue weighted by Gasteiger charge is -2.33. The topological polar surface area (TPSA) is 89.5 Å². The van der Waals surface area contributed by atoms with E-state index in [9.17, 15) is 4.79 Å². The Hall–Kier alpha value is -3.55. The predicted molar refractivity (Wildman–Crippen MR) is 124 cm³/mol. The van der Waals surface area contributed by atoms with Crippen molar-refractivity contribution >= 4 is 28.2 Å². The first-order valence-electron chi connectivity index (χ1n) is 11.1. The van der Waals surface area contributed by atoms with Gasteiger partial charge >= 0.3 is 0 Å². The molecule has 2 aliphatic rings. The van der Waals surface area contributed by atoms with E-state index in [0.717, 1.165) is 59.5 Å². The van der Waals surface area contributed by atoms with Gasteiger partial charge in [0.25, 0.3) is 5.91 Å². The Kier molecular flexibility index (Phi) is 5.20. The molecule has 1 fully saturated rings. The molecule has 2 aliphatic heterocycles. The smallest absolute Gasteiger partial charge is 0.268 e. The van der Waals surface area contributed by atoms with Gasteiger partial charge in [0.15, 0.2) is 0 Å². The highest BCUT2D eigenvalue weighted by molar-refractivity contribution is 6.00. The molecule has 8 nitrogen and oxygen atoms in total. The quantitative estimate of drug-likeness (QED) is 0.679. The van der Waals surface area contributed by atoms with Crippen LogP contribution in [0.5, 0.6) is 0 Å². The molecule has 0 radical (unpaired) electrons. The van der Waals surface area contributed by atoms with Crippen LogP contribution in [0.2, 0.25) is 0 Å². The van der Waals surface area contributed by atoms with Gasteiger partial charge in [0.05, 0.1) is 23.1 Å². The molecule has 166 valence electrons. The number of aromatic nitrogens is 3. The number of carbonyl (C=O) groups is 1. The van der Waals surface area contributed by atoms with Gasteiger partial charge in [-0.05, 0) is 44.0 Å². The maximum Gasteiger partial charge on any atom is 0.268 e. The fourth-order valence-corrected chi connectivity index (χ4v) is 4.69. The summed E-state index contributed by atoms with van der Waals surface area (Å²) in [5.41, 5.74) is 10.9. The van der Waals surface area contributed by atoms with Crippen LogP contribution in [0.1, 0.15) is 43.2 Å². The van der Waals surface area contributed by atoms with Gasteiger partial charge in [-0.25, -0.2) is 0 Å². The number of carbonyl (C=O) groups excluding carboxylic acids is 1. The highest BCUT2D eigenvalue weighted by Crippen LogP contribution is 2.44. The average molecular weight is 433 g/mol. The normalized spacial score (nSPS) is 19.1. The molecular weight excluding hydrogens is 404 g/mol. The molecule has 0 spiro atoms. The Bertz CT molecular complexity index is 1190. The van der Waals surface area contributed by atoms with Gasteiger partial charge in [-0.2, -0.15) is 5.10 Å². The third kappa shape index (κ3) is 3.55.